The van der Waals surface area contributed by atoms with Crippen LogP contribution in [0.3, 0.4) is 0 Å². The molecule has 0 aromatic carbocycles. The Bertz CT molecular complexity index is 869. The van der Waals surface area contributed by atoms with E-state index in [0.717, 1.165) is 0 Å². The molecule has 2 rings (SSSR count). The molecule has 4 unspecified atom stereocenters. The van der Waals surface area contributed by atoms with Crippen LogP contribution >= 0.6 is 0 Å². The highest BCUT2D eigenvalue weighted by Crippen LogP contribution is 2.64. The van der Waals surface area contributed by atoms with Gasteiger partial charge in [-0.15, -0.1) is 0 Å². The second-order valence-corrected chi connectivity index (χ2v) is 8.57. The van der Waals surface area contributed by atoms with E-state index in [-0.39, 0.29) is 13.2 Å². The molecule has 5 nitrogen and oxygen atoms in total. The topological polar surface area (TPSA) is 52.8 Å². The Morgan fingerprint density at radius 3 is 1.27 bits per heavy atom. The maximum Gasteiger partial charge on any atom is 0.460 e. The molecule has 0 bridgehead atoms. The van der Waals surface area contributed by atoms with E-state index in [0.29, 0.717) is 7.11 Å². The van der Waals surface area contributed by atoms with Gasteiger partial charge in [0.05, 0.1) is 26.4 Å². The maximum absolute atomic E-state index is 14.5. The van der Waals surface area contributed by atoms with Crippen molar-refractivity contribution < 1.29 is 98.3 Å². The molecule has 0 amide bonds. The van der Waals surface area contributed by atoms with Gasteiger partial charge in [0.1, 0.15) is 18.3 Å². The van der Waals surface area contributed by atoms with Gasteiger partial charge in [-0.2, -0.15) is 74.6 Å². The first kappa shape index (κ1) is 34.8. The summed E-state index contributed by atoms with van der Waals surface area (Å²) < 4.78 is 253. The fourth-order valence-electron chi connectivity index (χ4n) is 2.90. The van der Waals surface area contributed by atoms with Crippen molar-refractivity contribution in [3.8, 4) is 0 Å². The molecule has 238 valence electrons. The van der Waals surface area contributed by atoms with Crippen LogP contribution in [0.5, 0.6) is 0 Å². The SMILES string of the molecule is COC(OCC1CO1)C(CC(F)(F)C(F)(F)C(F)(F)C(F)(F)C(F)(F)C(F)(F)C(F)(F)C(F)(F)F)OCC1CO1. The van der Waals surface area contributed by atoms with Crippen LogP contribution in [0.2, 0.25) is 0 Å². The van der Waals surface area contributed by atoms with Crippen LogP contribution in [-0.2, 0) is 23.7 Å². The summed E-state index contributed by atoms with van der Waals surface area (Å²) in [6.45, 7) is -1.29. The fraction of sp³-hybridized carbons (Fsp3) is 1.00. The van der Waals surface area contributed by atoms with E-state index in [9.17, 15) is 74.6 Å². The van der Waals surface area contributed by atoms with E-state index >= 15 is 0 Å². The van der Waals surface area contributed by atoms with Gasteiger partial charge >= 0.3 is 47.6 Å². The first-order valence-corrected chi connectivity index (χ1v) is 10.4. The fourth-order valence-corrected chi connectivity index (χ4v) is 2.90. The van der Waals surface area contributed by atoms with E-state index in [1.165, 1.54) is 0 Å². The van der Waals surface area contributed by atoms with Crippen molar-refractivity contribution >= 4 is 0 Å². The molecule has 0 aromatic rings. The summed E-state index contributed by atoms with van der Waals surface area (Å²) in [5.41, 5.74) is 0. The van der Waals surface area contributed by atoms with Gasteiger partial charge < -0.3 is 23.7 Å². The molecule has 0 aliphatic carbocycles. The summed E-state index contributed by atoms with van der Waals surface area (Å²) in [4.78, 5) is 0. The predicted molar refractivity (Wildman–Crippen MR) is 91.3 cm³/mol. The smallest absolute Gasteiger partial charge is 0.371 e. The summed E-state index contributed by atoms with van der Waals surface area (Å²) >= 11 is 0. The van der Waals surface area contributed by atoms with Gasteiger partial charge in [0.2, 0.25) is 0 Å². The van der Waals surface area contributed by atoms with Crippen molar-refractivity contribution in [3.05, 3.63) is 0 Å². The van der Waals surface area contributed by atoms with Crippen LogP contribution < -0.4 is 0 Å². The van der Waals surface area contributed by atoms with Crippen molar-refractivity contribution in [1.82, 2.24) is 0 Å². The third kappa shape index (κ3) is 5.91. The Balaban J connectivity index is 2.43. The Hall–Kier alpha value is -1.39. The van der Waals surface area contributed by atoms with Crippen LogP contribution in [0, 0.1) is 0 Å². The molecule has 0 N–H and O–H groups in total. The minimum atomic E-state index is -8.69. The molecule has 40 heavy (non-hydrogen) atoms. The van der Waals surface area contributed by atoms with Crippen molar-refractivity contribution in [2.75, 3.05) is 33.5 Å². The summed E-state index contributed by atoms with van der Waals surface area (Å²) in [5, 5.41) is 0. The van der Waals surface area contributed by atoms with Crippen LogP contribution in [0.1, 0.15) is 6.42 Å². The van der Waals surface area contributed by atoms with Gasteiger partial charge in [0.25, 0.3) is 0 Å². The van der Waals surface area contributed by atoms with Crippen molar-refractivity contribution in [2.45, 2.75) is 78.7 Å². The van der Waals surface area contributed by atoms with Gasteiger partial charge in [-0.25, -0.2) is 0 Å². The summed E-state index contributed by atoms with van der Waals surface area (Å²) in [6, 6.07) is 0. The molecule has 2 saturated heterocycles. The van der Waals surface area contributed by atoms with Crippen LogP contribution in [0.15, 0.2) is 0 Å². The monoisotopic (exact) mass is 636 g/mol. The lowest BCUT2D eigenvalue weighted by Crippen LogP contribution is -2.74. The van der Waals surface area contributed by atoms with E-state index in [1.807, 2.05) is 0 Å². The third-order valence-electron chi connectivity index (χ3n) is 5.53. The first-order chi connectivity index (χ1) is 17.7. The number of epoxide rings is 2. The van der Waals surface area contributed by atoms with Crippen molar-refractivity contribution in [3.63, 3.8) is 0 Å². The normalized spacial score (nSPS) is 23.2. The number of methoxy groups -OCH3 is 1. The molecule has 0 spiro atoms. The number of ether oxygens (including phenoxy) is 5. The third-order valence-corrected chi connectivity index (χ3v) is 5.53. The lowest BCUT2D eigenvalue weighted by molar-refractivity contribution is -0.462. The average molecular weight is 636 g/mol. The van der Waals surface area contributed by atoms with E-state index in [2.05, 4.69) is 14.2 Å². The van der Waals surface area contributed by atoms with Crippen LogP contribution in [0.25, 0.3) is 0 Å². The molecule has 0 radical (unpaired) electrons. The molecule has 22 heteroatoms. The average Bonchev–Trinajstić information content (AvgIpc) is 3.71. The van der Waals surface area contributed by atoms with Gasteiger partial charge in [-0.05, 0) is 0 Å². The molecular weight excluding hydrogens is 619 g/mol. The number of hydrogen-bond donors (Lipinski definition) is 0. The maximum atomic E-state index is 14.5. The Kier molecular flexibility index (Phi) is 9.32. The number of halogens is 17. The molecule has 0 saturated carbocycles. The van der Waals surface area contributed by atoms with E-state index in [4.69, 9.17) is 9.47 Å². The molecule has 2 fully saturated rings. The largest absolute Gasteiger partial charge is 0.460 e. The second-order valence-electron chi connectivity index (χ2n) is 8.57. The Morgan fingerprint density at radius 1 is 0.575 bits per heavy atom. The van der Waals surface area contributed by atoms with Crippen molar-refractivity contribution in [2.24, 2.45) is 0 Å². The number of alkyl halides is 17. The zero-order chi connectivity index (χ0) is 31.4. The number of rotatable bonds is 16. The molecular formula is C18H17F17O5. The highest BCUT2D eigenvalue weighted by molar-refractivity contribution is 5.15. The van der Waals surface area contributed by atoms with Gasteiger partial charge in [-0.3, -0.25) is 0 Å². The van der Waals surface area contributed by atoms with Crippen LogP contribution in [0.4, 0.5) is 74.6 Å². The van der Waals surface area contributed by atoms with Crippen molar-refractivity contribution in [1.29, 1.82) is 0 Å². The summed E-state index contributed by atoms with van der Waals surface area (Å²) in [7, 11) is 0.672. The highest BCUT2D eigenvalue weighted by Gasteiger charge is 2.95. The molecule has 2 aliphatic rings. The molecule has 2 heterocycles. The van der Waals surface area contributed by atoms with E-state index < -0.39 is 91.9 Å². The lowest BCUT2D eigenvalue weighted by Gasteiger charge is -2.43. The molecule has 2 aliphatic heterocycles. The van der Waals surface area contributed by atoms with Gasteiger partial charge in [0.15, 0.2) is 6.29 Å². The minimum Gasteiger partial charge on any atom is -0.371 e. The highest BCUT2D eigenvalue weighted by atomic mass is 19.4. The number of hydrogen-bond acceptors (Lipinski definition) is 5. The van der Waals surface area contributed by atoms with Gasteiger partial charge in [-0.1, -0.05) is 0 Å². The Labute approximate surface area is 211 Å². The minimum absolute atomic E-state index is 0.0552. The zero-order valence-electron chi connectivity index (χ0n) is 19.3. The standard InChI is InChI=1S/C18H17F17O5/c1-36-10(40-6-8-4-38-8)9(39-5-7-3-37-7)2-11(19,20)12(21,22)13(23,24)14(25,26)15(27,28)16(29,30)17(31,32)18(33,34)35/h7-10H,2-6H2,1H3. The quantitative estimate of drug-likeness (QED) is 0.126. The van der Waals surface area contributed by atoms with Crippen LogP contribution in [-0.4, -0.2) is 106 Å². The zero-order valence-corrected chi connectivity index (χ0v) is 19.3. The van der Waals surface area contributed by atoms with E-state index in [1.54, 1.807) is 0 Å². The first-order valence-electron chi connectivity index (χ1n) is 10.4. The second kappa shape index (κ2) is 10.7. The molecule has 0 aromatic heterocycles. The lowest BCUT2D eigenvalue weighted by atomic mass is 9.87. The summed E-state index contributed by atoms with van der Waals surface area (Å²) in [5.74, 6) is -57.0. The molecule has 4 atom stereocenters. The Morgan fingerprint density at radius 2 is 0.925 bits per heavy atom. The summed E-state index contributed by atoms with van der Waals surface area (Å²) in [6.07, 6.45) is -17.0. The van der Waals surface area contributed by atoms with Gasteiger partial charge in [0, 0.05) is 13.5 Å². The predicted octanol–water partition coefficient (Wildman–Crippen LogP) is 5.56.